The number of nitrogens with one attached hydrogen (secondary N) is 1. The van der Waals surface area contributed by atoms with Crippen LogP contribution in [0.5, 0.6) is 5.88 Å². The minimum absolute atomic E-state index is 0.504. The molecule has 0 bridgehead atoms. The van der Waals surface area contributed by atoms with E-state index in [1.807, 2.05) is 30.3 Å². The molecule has 2 rings (SSSR count). The normalized spacial score (nSPS) is 10.2. The predicted molar refractivity (Wildman–Crippen MR) is 73.2 cm³/mol. The van der Waals surface area contributed by atoms with E-state index in [0.717, 1.165) is 11.4 Å². The van der Waals surface area contributed by atoms with Gasteiger partial charge in [-0.25, -0.2) is 4.98 Å². The van der Waals surface area contributed by atoms with Crippen LogP contribution in [0.2, 0.25) is 0 Å². The van der Waals surface area contributed by atoms with Gasteiger partial charge in [0, 0.05) is 19.4 Å². The Labute approximate surface area is 112 Å². The summed E-state index contributed by atoms with van der Waals surface area (Å²) in [6, 6.07) is 9.60. The molecule has 0 aromatic carbocycles. The number of anilines is 1. The topological polar surface area (TPSA) is 56.3 Å². The number of nitrogens with zero attached hydrogens (tertiary/aromatic N) is 2. The zero-order valence-corrected chi connectivity index (χ0v) is 10.9. The van der Waals surface area contributed by atoms with E-state index in [0.29, 0.717) is 25.6 Å². The predicted octanol–water partition coefficient (Wildman–Crippen LogP) is 2.11. The lowest BCUT2D eigenvalue weighted by Crippen LogP contribution is -2.06. The molecule has 0 fully saturated rings. The van der Waals surface area contributed by atoms with Gasteiger partial charge in [-0.1, -0.05) is 6.07 Å². The van der Waals surface area contributed by atoms with Gasteiger partial charge in [0.15, 0.2) is 0 Å². The quantitative estimate of drug-likeness (QED) is 0.772. The van der Waals surface area contributed by atoms with Crippen LogP contribution < -0.4 is 10.1 Å². The highest BCUT2D eigenvalue weighted by molar-refractivity contribution is 5.42. The molecular weight excluding hydrogens is 242 g/mol. The van der Waals surface area contributed by atoms with Crippen LogP contribution in [-0.4, -0.2) is 30.3 Å². The maximum atomic E-state index is 5.39. The summed E-state index contributed by atoms with van der Waals surface area (Å²) >= 11 is 0. The summed E-state index contributed by atoms with van der Waals surface area (Å²) in [5, 5.41) is 3.25. The number of ether oxygens (including phenoxy) is 2. The van der Waals surface area contributed by atoms with Gasteiger partial charge in [0.2, 0.25) is 5.88 Å². The van der Waals surface area contributed by atoms with Crippen LogP contribution in [0.15, 0.2) is 42.7 Å². The maximum absolute atomic E-state index is 5.39. The standard InChI is InChI=1S/C14H17N3O2/c1-18-8-9-19-14-6-5-13(11-17-14)16-10-12-4-2-3-7-15-12/h2-7,11,16H,8-10H2,1H3. The zero-order chi connectivity index (χ0) is 13.3. The van der Waals surface area contributed by atoms with E-state index in [-0.39, 0.29) is 0 Å². The number of hydrogen-bond acceptors (Lipinski definition) is 5. The summed E-state index contributed by atoms with van der Waals surface area (Å²) in [5.74, 6) is 0.598. The molecule has 100 valence electrons. The average Bonchev–Trinajstić information content (AvgIpc) is 2.48. The lowest BCUT2D eigenvalue weighted by molar-refractivity contribution is 0.144. The second kappa shape index (κ2) is 7.33. The van der Waals surface area contributed by atoms with E-state index < -0.39 is 0 Å². The van der Waals surface area contributed by atoms with E-state index in [1.54, 1.807) is 19.5 Å². The lowest BCUT2D eigenvalue weighted by Gasteiger charge is -2.07. The Kier molecular flexibility index (Phi) is 5.13. The molecule has 0 radical (unpaired) electrons. The Hall–Kier alpha value is -2.14. The first kappa shape index (κ1) is 13.3. The Balaban J connectivity index is 1.81. The summed E-state index contributed by atoms with van der Waals surface area (Å²) in [4.78, 5) is 8.44. The molecule has 0 saturated heterocycles. The van der Waals surface area contributed by atoms with Crippen molar-refractivity contribution in [1.82, 2.24) is 9.97 Å². The first-order valence-electron chi connectivity index (χ1n) is 6.10. The van der Waals surface area contributed by atoms with Crippen molar-refractivity contribution in [3.8, 4) is 5.88 Å². The third-order valence-corrected chi connectivity index (χ3v) is 2.47. The second-order valence-electron chi connectivity index (χ2n) is 3.90. The number of hydrogen-bond donors (Lipinski definition) is 1. The lowest BCUT2D eigenvalue weighted by atomic mass is 10.3. The van der Waals surface area contributed by atoms with E-state index in [4.69, 9.17) is 9.47 Å². The third-order valence-electron chi connectivity index (χ3n) is 2.47. The molecule has 0 saturated carbocycles. The molecule has 2 aromatic rings. The summed E-state index contributed by atoms with van der Waals surface area (Å²) in [5.41, 5.74) is 1.92. The van der Waals surface area contributed by atoms with Crippen molar-refractivity contribution < 1.29 is 9.47 Å². The molecule has 5 heteroatoms. The summed E-state index contributed by atoms with van der Waals surface area (Å²) < 4.78 is 10.3. The van der Waals surface area contributed by atoms with E-state index in [9.17, 15) is 0 Å². The van der Waals surface area contributed by atoms with E-state index >= 15 is 0 Å². The van der Waals surface area contributed by atoms with Crippen molar-refractivity contribution in [2.24, 2.45) is 0 Å². The van der Waals surface area contributed by atoms with Gasteiger partial charge < -0.3 is 14.8 Å². The van der Waals surface area contributed by atoms with E-state index in [2.05, 4.69) is 15.3 Å². The van der Waals surface area contributed by atoms with Gasteiger partial charge in [0.25, 0.3) is 0 Å². The average molecular weight is 259 g/mol. The molecule has 0 aliphatic heterocycles. The van der Waals surface area contributed by atoms with Gasteiger partial charge >= 0.3 is 0 Å². The Morgan fingerprint density at radius 2 is 2.05 bits per heavy atom. The molecule has 2 aromatic heterocycles. The van der Waals surface area contributed by atoms with Crippen molar-refractivity contribution in [2.75, 3.05) is 25.6 Å². The summed E-state index contributed by atoms with van der Waals surface area (Å²) in [7, 11) is 1.64. The first-order chi connectivity index (χ1) is 9.38. The molecule has 5 nitrogen and oxygen atoms in total. The molecule has 0 aliphatic rings. The van der Waals surface area contributed by atoms with Gasteiger partial charge in [0.05, 0.1) is 30.7 Å². The van der Waals surface area contributed by atoms with E-state index in [1.165, 1.54) is 0 Å². The fourth-order valence-electron chi connectivity index (χ4n) is 1.50. The van der Waals surface area contributed by atoms with Crippen molar-refractivity contribution >= 4 is 5.69 Å². The Bertz CT molecular complexity index is 474. The molecule has 1 N–H and O–H groups in total. The monoisotopic (exact) mass is 259 g/mol. The van der Waals surface area contributed by atoms with Crippen molar-refractivity contribution in [1.29, 1.82) is 0 Å². The molecule has 0 spiro atoms. The number of pyridine rings is 2. The summed E-state index contributed by atoms with van der Waals surface area (Å²) in [6.07, 6.45) is 3.52. The largest absolute Gasteiger partial charge is 0.475 e. The molecular formula is C14H17N3O2. The molecule has 0 aliphatic carbocycles. The van der Waals surface area contributed by atoms with Crippen LogP contribution in [0, 0.1) is 0 Å². The highest BCUT2D eigenvalue weighted by Gasteiger charge is 1.97. The van der Waals surface area contributed by atoms with Crippen LogP contribution in [0.25, 0.3) is 0 Å². The van der Waals surface area contributed by atoms with Crippen molar-refractivity contribution in [3.05, 3.63) is 48.4 Å². The van der Waals surface area contributed by atoms with Crippen molar-refractivity contribution in [2.45, 2.75) is 6.54 Å². The molecule has 0 atom stereocenters. The minimum atomic E-state index is 0.504. The van der Waals surface area contributed by atoms with Gasteiger partial charge in [-0.2, -0.15) is 0 Å². The SMILES string of the molecule is COCCOc1ccc(NCc2ccccn2)cn1. The molecule has 19 heavy (non-hydrogen) atoms. The van der Waals surface area contributed by atoms with Gasteiger partial charge in [0.1, 0.15) is 6.61 Å². The zero-order valence-electron chi connectivity index (χ0n) is 10.9. The van der Waals surface area contributed by atoms with Crippen LogP contribution in [-0.2, 0) is 11.3 Å². The molecule has 0 unspecified atom stereocenters. The van der Waals surface area contributed by atoms with Crippen LogP contribution in [0.3, 0.4) is 0 Å². The van der Waals surface area contributed by atoms with Crippen LogP contribution in [0.1, 0.15) is 5.69 Å². The minimum Gasteiger partial charge on any atom is -0.475 e. The maximum Gasteiger partial charge on any atom is 0.213 e. The third kappa shape index (κ3) is 4.56. The number of methoxy groups -OCH3 is 1. The second-order valence-corrected chi connectivity index (χ2v) is 3.90. The Morgan fingerprint density at radius 1 is 1.11 bits per heavy atom. The smallest absolute Gasteiger partial charge is 0.213 e. The number of rotatable bonds is 7. The first-order valence-corrected chi connectivity index (χ1v) is 6.10. The van der Waals surface area contributed by atoms with Crippen LogP contribution in [0.4, 0.5) is 5.69 Å². The van der Waals surface area contributed by atoms with Crippen LogP contribution >= 0.6 is 0 Å². The fraction of sp³-hybridized carbons (Fsp3) is 0.286. The fourth-order valence-corrected chi connectivity index (χ4v) is 1.50. The highest BCUT2D eigenvalue weighted by atomic mass is 16.5. The van der Waals surface area contributed by atoms with Gasteiger partial charge in [-0.15, -0.1) is 0 Å². The van der Waals surface area contributed by atoms with Gasteiger partial charge in [-0.05, 0) is 18.2 Å². The molecule has 0 amide bonds. The van der Waals surface area contributed by atoms with Crippen molar-refractivity contribution in [3.63, 3.8) is 0 Å². The Morgan fingerprint density at radius 3 is 2.74 bits per heavy atom. The molecule has 2 heterocycles. The number of aromatic nitrogens is 2. The van der Waals surface area contributed by atoms with Gasteiger partial charge in [-0.3, -0.25) is 4.98 Å². The summed E-state index contributed by atoms with van der Waals surface area (Å²) in [6.45, 7) is 1.73. The highest BCUT2D eigenvalue weighted by Crippen LogP contribution is 2.12.